The highest BCUT2D eigenvalue weighted by atomic mass is 19.1. The number of amides is 2. The van der Waals surface area contributed by atoms with Crippen molar-refractivity contribution in [1.29, 1.82) is 0 Å². The normalized spacial score (nSPS) is 15.5. The highest BCUT2D eigenvalue weighted by Crippen LogP contribution is 2.35. The summed E-state index contributed by atoms with van der Waals surface area (Å²) >= 11 is 0. The molecule has 2 aliphatic rings. The van der Waals surface area contributed by atoms with Crippen molar-refractivity contribution in [3.8, 4) is 0 Å². The van der Waals surface area contributed by atoms with Crippen LogP contribution in [0.1, 0.15) is 31.0 Å². The van der Waals surface area contributed by atoms with Crippen LogP contribution in [-0.2, 0) is 9.59 Å². The largest absolute Gasteiger partial charge is 0.368 e. The summed E-state index contributed by atoms with van der Waals surface area (Å²) in [5.41, 5.74) is 3.82. The van der Waals surface area contributed by atoms with Crippen molar-refractivity contribution >= 4 is 40.8 Å². The van der Waals surface area contributed by atoms with Gasteiger partial charge in [0.25, 0.3) is 0 Å². The number of aromatic nitrogens is 2. The van der Waals surface area contributed by atoms with Crippen molar-refractivity contribution in [1.82, 2.24) is 20.2 Å². The first-order valence-electron chi connectivity index (χ1n) is 12.4. The van der Waals surface area contributed by atoms with E-state index in [1.807, 2.05) is 29.2 Å². The molecule has 1 aromatic carbocycles. The molecule has 4 rings (SSSR count). The van der Waals surface area contributed by atoms with Gasteiger partial charge < -0.3 is 20.4 Å². The fourth-order valence-corrected chi connectivity index (χ4v) is 4.45. The van der Waals surface area contributed by atoms with E-state index in [9.17, 15) is 9.59 Å². The summed E-state index contributed by atoms with van der Waals surface area (Å²) in [6.07, 6.45) is 6.91. The van der Waals surface area contributed by atoms with Crippen LogP contribution in [0.2, 0.25) is 0 Å². The van der Waals surface area contributed by atoms with Gasteiger partial charge >= 0.3 is 0 Å². The van der Waals surface area contributed by atoms with E-state index < -0.39 is 11.7 Å². The summed E-state index contributed by atoms with van der Waals surface area (Å²) in [6, 6.07) is 7.90. The molecule has 0 bridgehead atoms. The Labute approximate surface area is 222 Å². The zero-order valence-corrected chi connectivity index (χ0v) is 21.5. The molecule has 8 nitrogen and oxygen atoms in total. The van der Waals surface area contributed by atoms with Crippen LogP contribution in [0.3, 0.4) is 0 Å². The Morgan fingerprint density at radius 1 is 1.11 bits per heavy atom. The molecule has 0 unspecified atom stereocenters. The molecule has 0 atom stereocenters. The molecule has 38 heavy (non-hydrogen) atoms. The van der Waals surface area contributed by atoms with E-state index in [2.05, 4.69) is 45.2 Å². The number of carbonyl (C=O) groups excluding carboxylic acids is 2. The summed E-state index contributed by atoms with van der Waals surface area (Å²) in [7, 11) is 0. The van der Waals surface area contributed by atoms with Gasteiger partial charge in [-0.2, -0.15) is 0 Å². The minimum atomic E-state index is -0.542. The quantitative estimate of drug-likeness (QED) is 0.494. The minimum absolute atomic E-state index is 0.104. The van der Waals surface area contributed by atoms with Crippen LogP contribution in [0, 0.1) is 0 Å². The molecular formula is C29H31FN6O2. The van der Waals surface area contributed by atoms with Gasteiger partial charge in [0, 0.05) is 56.2 Å². The van der Waals surface area contributed by atoms with E-state index in [1.54, 1.807) is 25.3 Å². The van der Waals surface area contributed by atoms with Crippen LogP contribution in [-0.4, -0.2) is 52.9 Å². The lowest BCUT2D eigenvalue weighted by Gasteiger charge is -2.35. The number of carbonyl (C=O) groups is 2. The number of allylic oxidation sites excluding steroid dienone is 4. The molecule has 196 valence electrons. The molecule has 0 spiro atoms. The predicted octanol–water partition coefficient (Wildman–Crippen LogP) is 4.75. The van der Waals surface area contributed by atoms with Gasteiger partial charge in [-0.15, -0.1) is 0 Å². The molecule has 1 aliphatic heterocycles. The van der Waals surface area contributed by atoms with E-state index in [0.717, 1.165) is 30.5 Å². The van der Waals surface area contributed by atoms with Crippen LogP contribution in [0.25, 0.3) is 11.6 Å². The number of halogens is 1. The van der Waals surface area contributed by atoms with Crippen LogP contribution in [0.5, 0.6) is 0 Å². The number of rotatable bonds is 8. The molecule has 2 N–H and O–H groups in total. The van der Waals surface area contributed by atoms with Crippen LogP contribution in [0.4, 0.5) is 21.7 Å². The standard InChI is InChI=1S/C29H31FN6O2/c1-5-21-18-31-29(32-22-10-12-23(13-11-22)36-16-14-35(15-17-36)20(4)37)34-28(21)19(3)24-8-7-9-25(27(24)30)33-26(38)6-2/h5-6,9-13,18H,1-3,7-8,14-17H2,4H3,(H,33,38)(H,31,32,34). The lowest BCUT2D eigenvalue weighted by atomic mass is 9.92. The first-order valence-corrected chi connectivity index (χ1v) is 12.4. The Morgan fingerprint density at radius 2 is 1.82 bits per heavy atom. The molecule has 0 saturated carbocycles. The molecule has 1 fully saturated rings. The van der Waals surface area contributed by atoms with Gasteiger partial charge in [0.1, 0.15) is 5.83 Å². The Kier molecular flexibility index (Phi) is 8.15. The molecule has 0 radical (unpaired) electrons. The molecule has 2 amide bonds. The molecule has 1 aromatic heterocycles. The second-order valence-corrected chi connectivity index (χ2v) is 8.99. The lowest BCUT2D eigenvalue weighted by molar-refractivity contribution is -0.129. The fourth-order valence-electron chi connectivity index (χ4n) is 4.45. The van der Waals surface area contributed by atoms with Crippen molar-refractivity contribution < 1.29 is 14.0 Å². The number of anilines is 3. The molecular weight excluding hydrogens is 483 g/mol. The van der Waals surface area contributed by atoms with Gasteiger partial charge in [-0.25, -0.2) is 14.4 Å². The first kappa shape index (κ1) is 26.5. The average Bonchev–Trinajstić information content (AvgIpc) is 2.94. The van der Waals surface area contributed by atoms with Crippen LogP contribution >= 0.6 is 0 Å². The fraction of sp³-hybridized carbons (Fsp3) is 0.241. The predicted molar refractivity (Wildman–Crippen MR) is 149 cm³/mol. The average molecular weight is 515 g/mol. The summed E-state index contributed by atoms with van der Waals surface area (Å²) in [6.45, 7) is 15.9. The van der Waals surface area contributed by atoms with Crippen molar-refractivity contribution in [3.05, 3.63) is 90.7 Å². The minimum Gasteiger partial charge on any atom is -0.368 e. The Hall–Kier alpha value is -4.53. The van der Waals surface area contributed by atoms with Crippen LogP contribution < -0.4 is 15.5 Å². The SMILES string of the molecule is C=CC(=O)NC1=CCCC(C(=C)c2nc(Nc3ccc(N4CCN(C(C)=O)CC4)cc3)ncc2C=C)=C1F. The zero-order valence-electron chi connectivity index (χ0n) is 21.5. The van der Waals surface area contributed by atoms with E-state index in [0.29, 0.717) is 54.3 Å². The van der Waals surface area contributed by atoms with Gasteiger partial charge in [-0.1, -0.05) is 31.9 Å². The van der Waals surface area contributed by atoms with Gasteiger partial charge in [0.15, 0.2) is 0 Å². The van der Waals surface area contributed by atoms with Gasteiger partial charge in [0.2, 0.25) is 17.8 Å². The van der Waals surface area contributed by atoms with E-state index in [-0.39, 0.29) is 11.6 Å². The number of nitrogens with one attached hydrogen (secondary N) is 2. The number of hydrogen-bond acceptors (Lipinski definition) is 6. The maximum atomic E-state index is 15.3. The first-order chi connectivity index (χ1) is 18.3. The number of benzene rings is 1. The highest BCUT2D eigenvalue weighted by molar-refractivity contribution is 5.89. The molecule has 1 saturated heterocycles. The Balaban J connectivity index is 1.51. The van der Waals surface area contributed by atoms with Gasteiger partial charge in [-0.3, -0.25) is 9.59 Å². The van der Waals surface area contributed by atoms with E-state index in [1.165, 1.54) is 0 Å². The second-order valence-electron chi connectivity index (χ2n) is 8.99. The maximum absolute atomic E-state index is 15.3. The Morgan fingerprint density at radius 3 is 2.45 bits per heavy atom. The number of hydrogen-bond donors (Lipinski definition) is 2. The van der Waals surface area contributed by atoms with Crippen molar-refractivity contribution in [2.75, 3.05) is 36.4 Å². The molecule has 1 aliphatic carbocycles. The highest BCUT2D eigenvalue weighted by Gasteiger charge is 2.23. The Bertz CT molecular complexity index is 1340. The van der Waals surface area contributed by atoms with Crippen molar-refractivity contribution in [2.24, 2.45) is 0 Å². The monoisotopic (exact) mass is 514 g/mol. The van der Waals surface area contributed by atoms with Crippen LogP contribution in [0.15, 0.2) is 79.4 Å². The van der Waals surface area contributed by atoms with Gasteiger partial charge in [0.05, 0.1) is 11.4 Å². The zero-order chi connectivity index (χ0) is 27.2. The molecule has 2 aromatic rings. The number of piperazine rings is 1. The summed E-state index contributed by atoms with van der Waals surface area (Å²) in [5, 5.41) is 5.71. The summed E-state index contributed by atoms with van der Waals surface area (Å²) < 4.78 is 15.3. The van der Waals surface area contributed by atoms with Gasteiger partial charge in [-0.05, 0) is 54.3 Å². The maximum Gasteiger partial charge on any atom is 0.247 e. The second kappa shape index (κ2) is 11.7. The smallest absolute Gasteiger partial charge is 0.247 e. The van der Waals surface area contributed by atoms with Crippen molar-refractivity contribution in [3.63, 3.8) is 0 Å². The summed E-state index contributed by atoms with van der Waals surface area (Å²) in [4.78, 5) is 36.4. The third-order valence-electron chi connectivity index (χ3n) is 6.59. The molecule has 2 heterocycles. The summed E-state index contributed by atoms with van der Waals surface area (Å²) in [5.74, 6) is -0.586. The number of nitrogens with zero attached hydrogens (tertiary/aromatic N) is 4. The van der Waals surface area contributed by atoms with Crippen molar-refractivity contribution in [2.45, 2.75) is 19.8 Å². The van der Waals surface area contributed by atoms with E-state index in [4.69, 9.17) is 0 Å². The topological polar surface area (TPSA) is 90.5 Å². The third-order valence-corrected chi connectivity index (χ3v) is 6.59. The third kappa shape index (κ3) is 5.88. The lowest BCUT2D eigenvalue weighted by Crippen LogP contribution is -2.48. The molecule has 9 heteroatoms. The van der Waals surface area contributed by atoms with E-state index >= 15 is 4.39 Å².